The van der Waals surface area contributed by atoms with Crippen LogP contribution in [-0.2, 0) is 6.18 Å². The number of halogens is 3. The number of hydrogen-bond acceptors (Lipinski definition) is 3. The smallest absolute Gasteiger partial charge is 0.380 e. The average molecular weight is 228 g/mol. The van der Waals surface area contributed by atoms with Crippen LogP contribution < -0.4 is 5.73 Å². The van der Waals surface area contributed by atoms with Gasteiger partial charge in [-0.2, -0.15) is 13.2 Å². The molecule has 0 amide bonds. The van der Waals surface area contributed by atoms with Crippen molar-refractivity contribution < 1.29 is 13.2 Å². The Balaban J connectivity index is 2.47. The SMILES string of the molecule is Nc1nn(-c2ccccc2)nc1C(F)(F)F. The fourth-order valence-corrected chi connectivity index (χ4v) is 1.20. The molecule has 4 nitrogen and oxygen atoms in total. The maximum absolute atomic E-state index is 12.4. The van der Waals surface area contributed by atoms with Gasteiger partial charge in [-0.25, -0.2) is 0 Å². The number of para-hydroxylation sites is 1. The van der Waals surface area contributed by atoms with Crippen molar-refractivity contribution >= 4 is 5.82 Å². The van der Waals surface area contributed by atoms with Crippen LogP contribution in [-0.4, -0.2) is 15.0 Å². The maximum Gasteiger partial charge on any atom is 0.438 e. The lowest BCUT2D eigenvalue weighted by Gasteiger charge is -2.00. The van der Waals surface area contributed by atoms with E-state index in [2.05, 4.69) is 10.2 Å². The van der Waals surface area contributed by atoms with Gasteiger partial charge in [-0.05, 0) is 12.1 Å². The molecule has 0 radical (unpaired) electrons. The normalized spacial score (nSPS) is 11.7. The van der Waals surface area contributed by atoms with Gasteiger partial charge in [0.25, 0.3) is 0 Å². The summed E-state index contributed by atoms with van der Waals surface area (Å²) in [5, 5.41) is 6.82. The highest BCUT2D eigenvalue weighted by Crippen LogP contribution is 2.31. The first-order chi connectivity index (χ1) is 7.48. The number of alkyl halides is 3. The predicted octanol–water partition coefficient (Wildman–Crippen LogP) is 1.87. The Morgan fingerprint density at radius 3 is 2.19 bits per heavy atom. The van der Waals surface area contributed by atoms with Gasteiger partial charge in [-0.15, -0.1) is 15.0 Å². The third-order valence-corrected chi connectivity index (χ3v) is 1.90. The molecule has 0 saturated carbocycles. The van der Waals surface area contributed by atoms with Crippen molar-refractivity contribution in [1.82, 2.24) is 15.0 Å². The number of benzene rings is 1. The summed E-state index contributed by atoms with van der Waals surface area (Å²) in [6.45, 7) is 0. The largest absolute Gasteiger partial charge is 0.438 e. The molecule has 2 aromatic rings. The zero-order valence-corrected chi connectivity index (χ0v) is 7.94. The Morgan fingerprint density at radius 2 is 1.69 bits per heavy atom. The van der Waals surface area contributed by atoms with Crippen molar-refractivity contribution in [2.45, 2.75) is 6.18 Å². The monoisotopic (exact) mass is 228 g/mol. The summed E-state index contributed by atoms with van der Waals surface area (Å²) >= 11 is 0. The third kappa shape index (κ3) is 1.83. The molecule has 2 N–H and O–H groups in total. The molecule has 0 unspecified atom stereocenters. The molecule has 16 heavy (non-hydrogen) atoms. The van der Waals surface area contributed by atoms with E-state index < -0.39 is 17.7 Å². The Kier molecular flexibility index (Phi) is 2.30. The maximum atomic E-state index is 12.4. The quantitative estimate of drug-likeness (QED) is 0.810. The van der Waals surface area contributed by atoms with E-state index in [9.17, 15) is 13.2 Å². The summed E-state index contributed by atoms with van der Waals surface area (Å²) in [5.74, 6) is -0.628. The standard InChI is InChI=1S/C9H7F3N4/c10-9(11,12)7-8(13)15-16(14-7)6-4-2-1-3-5-6/h1-5H,(H2,13,15). The molecule has 1 aromatic heterocycles. The second-order valence-corrected chi connectivity index (χ2v) is 3.06. The summed E-state index contributed by atoms with van der Waals surface area (Å²) < 4.78 is 37.1. The van der Waals surface area contributed by atoms with Gasteiger partial charge in [0.2, 0.25) is 5.69 Å². The van der Waals surface area contributed by atoms with E-state index in [-0.39, 0.29) is 0 Å². The van der Waals surface area contributed by atoms with Crippen molar-refractivity contribution in [2.75, 3.05) is 5.73 Å². The number of aromatic nitrogens is 3. The number of nitrogen functional groups attached to an aromatic ring is 1. The zero-order chi connectivity index (χ0) is 11.8. The molecule has 0 spiro atoms. The van der Waals surface area contributed by atoms with E-state index in [1.807, 2.05) is 0 Å². The van der Waals surface area contributed by atoms with Gasteiger partial charge in [0.05, 0.1) is 5.69 Å². The second-order valence-electron chi connectivity index (χ2n) is 3.06. The van der Waals surface area contributed by atoms with Crippen molar-refractivity contribution in [3.05, 3.63) is 36.0 Å². The number of rotatable bonds is 1. The van der Waals surface area contributed by atoms with Gasteiger partial charge < -0.3 is 5.73 Å². The van der Waals surface area contributed by atoms with E-state index in [1.165, 1.54) is 0 Å². The number of nitrogens with two attached hydrogens (primary N) is 1. The molecule has 0 atom stereocenters. The highest BCUT2D eigenvalue weighted by atomic mass is 19.4. The molecule has 0 fully saturated rings. The fraction of sp³-hybridized carbons (Fsp3) is 0.111. The Bertz CT molecular complexity index is 489. The second kappa shape index (κ2) is 3.51. The molecule has 1 heterocycles. The number of hydrogen-bond donors (Lipinski definition) is 1. The Hall–Kier alpha value is -2.05. The molecule has 0 bridgehead atoms. The van der Waals surface area contributed by atoms with Gasteiger partial charge in [-0.3, -0.25) is 0 Å². The molecule has 84 valence electrons. The highest BCUT2D eigenvalue weighted by Gasteiger charge is 2.37. The Labute approximate surface area is 88.5 Å². The minimum Gasteiger partial charge on any atom is -0.380 e. The van der Waals surface area contributed by atoms with Gasteiger partial charge >= 0.3 is 6.18 Å². The van der Waals surface area contributed by atoms with Gasteiger partial charge in [0.1, 0.15) is 0 Å². The molecular formula is C9H7F3N4. The molecule has 0 aliphatic heterocycles. The van der Waals surface area contributed by atoms with E-state index in [0.29, 0.717) is 5.69 Å². The van der Waals surface area contributed by atoms with Crippen LogP contribution in [0.3, 0.4) is 0 Å². The van der Waals surface area contributed by atoms with Crippen LogP contribution in [0, 0.1) is 0 Å². The lowest BCUT2D eigenvalue weighted by Crippen LogP contribution is -2.09. The van der Waals surface area contributed by atoms with E-state index in [1.54, 1.807) is 30.3 Å². The van der Waals surface area contributed by atoms with Gasteiger partial charge in [-0.1, -0.05) is 18.2 Å². The summed E-state index contributed by atoms with van der Waals surface area (Å²) in [5.41, 5.74) is 4.40. The van der Waals surface area contributed by atoms with Crippen molar-refractivity contribution in [1.29, 1.82) is 0 Å². The Morgan fingerprint density at radius 1 is 1.06 bits per heavy atom. The van der Waals surface area contributed by atoms with Crippen LogP contribution in [0.4, 0.5) is 19.0 Å². The summed E-state index contributed by atoms with van der Waals surface area (Å²) in [4.78, 5) is 0.859. The number of nitrogens with zero attached hydrogens (tertiary/aromatic N) is 3. The van der Waals surface area contributed by atoms with E-state index in [4.69, 9.17) is 5.73 Å². The number of anilines is 1. The van der Waals surface area contributed by atoms with Crippen LogP contribution in [0.5, 0.6) is 0 Å². The minimum absolute atomic E-state index is 0.421. The van der Waals surface area contributed by atoms with Crippen LogP contribution >= 0.6 is 0 Å². The fourth-order valence-electron chi connectivity index (χ4n) is 1.20. The van der Waals surface area contributed by atoms with Crippen LogP contribution in [0.2, 0.25) is 0 Å². The first kappa shape index (κ1) is 10.5. The predicted molar refractivity (Wildman–Crippen MR) is 50.8 cm³/mol. The first-order valence-corrected chi connectivity index (χ1v) is 4.34. The molecule has 0 saturated heterocycles. The summed E-state index contributed by atoms with van der Waals surface area (Å²) in [6, 6.07) is 8.24. The van der Waals surface area contributed by atoms with Gasteiger partial charge in [0.15, 0.2) is 5.82 Å². The molecule has 2 rings (SSSR count). The molecule has 7 heteroatoms. The van der Waals surface area contributed by atoms with Crippen molar-refractivity contribution in [2.24, 2.45) is 0 Å². The molecular weight excluding hydrogens is 221 g/mol. The topological polar surface area (TPSA) is 56.7 Å². The lowest BCUT2D eigenvalue weighted by atomic mass is 10.3. The van der Waals surface area contributed by atoms with Gasteiger partial charge in [0, 0.05) is 0 Å². The lowest BCUT2D eigenvalue weighted by molar-refractivity contribution is -0.140. The van der Waals surface area contributed by atoms with Crippen LogP contribution in [0.25, 0.3) is 5.69 Å². The first-order valence-electron chi connectivity index (χ1n) is 4.34. The third-order valence-electron chi connectivity index (χ3n) is 1.90. The van der Waals surface area contributed by atoms with Crippen molar-refractivity contribution in [3.63, 3.8) is 0 Å². The van der Waals surface area contributed by atoms with Crippen LogP contribution in [0.1, 0.15) is 5.69 Å². The van der Waals surface area contributed by atoms with E-state index in [0.717, 1.165) is 4.80 Å². The molecule has 0 aliphatic rings. The molecule has 0 aliphatic carbocycles. The summed E-state index contributed by atoms with van der Waals surface area (Å²) in [6.07, 6.45) is -4.59. The average Bonchev–Trinajstić information content (AvgIpc) is 2.61. The van der Waals surface area contributed by atoms with E-state index >= 15 is 0 Å². The highest BCUT2D eigenvalue weighted by molar-refractivity contribution is 5.38. The zero-order valence-electron chi connectivity index (χ0n) is 7.94. The van der Waals surface area contributed by atoms with Crippen molar-refractivity contribution in [3.8, 4) is 5.69 Å². The molecule has 1 aromatic carbocycles. The summed E-state index contributed by atoms with van der Waals surface area (Å²) in [7, 11) is 0. The van der Waals surface area contributed by atoms with Crippen LogP contribution in [0.15, 0.2) is 30.3 Å². The minimum atomic E-state index is -4.59.